The molecular formula is C25H24ClFN6O. The zero-order chi connectivity index (χ0) is 24.8. The SMILES string of the molecule is CC.CC.N#Cc1ccc2ncn(-c3ccc4[nH]c(=O)n(Cc5c(F)cccc5Cl)c4n3)c2c1. The van der Waals surface area contributed by atoms with Gasteiger partial charge < -0.3 is 4.98 Å². The fraction of sp³-hybridized carbons (Fsp3) is 0.200. The first-order chi connectivity index (χ1) is 16.5. The van der Waals surface area contributed by atoms with Crippen molar-refractivity contribution in [2.75, 3.05) is 0 Å². The predicted molar refractivity (Wildman–Crippen MR) is 133 cm³/mol. The first kappa shape index (κ1) is 24.7. The maximum absolute atomic E-state index is 14.3. The highest BCUT2D eigenvalue weighted by molar-refractivity contribution is 6.31. The van der Waals surface area contributed by atoms with Crippen LogP contribution in [0, 0.1) is 17.1 Å². The normalized spacial score (nSPS) is 10.3. The number of nitrogens with one attached hydrogen (secondary N) is 1. The third kappa shape index (κ3) is 4.56. The second kappa shape index (κ2) is 10.8. The molecule has 0 fully saturated rings. The van der Waals surface area contributed by atoms with Crippen molar-refractivity contribution in [3.63, 3.8) is 0 Å². The molecule has 0 atom stereocenters. The minimum absolute atomic E-state index is 0.0654. The van der Waals surface area contributed by atoms with E-state index in [1.54, 1.807) is 47.3 Å². The van der Waals surface area contributed by atoms with Crippen molar-refractivity contribution >= 4 is 33.8 Å². The molecule has 5 rings (SSSR count). The van der Waals surface area contributed by atoms with Gasteiger partial charge in [0.05, 0.1) is 34.7 Å². The van der Waals surface area contributed by atoms with E-state index in [0.29, 0.717) is 33.6 Å². The maximum Gasteiger partial charge on any atom is 0.327 e. The van der Waals surface area contributed by atoms with Crippen LogP contribution in [0.15, 0.2) is 59.7 Å². The molecule has 2 aromatic carbocycles. The lowest BCUT2D eigenvalue weighted by Crippen LogP contribution is -2.18. The molecule has 0 saturated carbocycles. The van der Waals surface area contributed by atoms with E-state index in [-0.39, 0.29) is 17.1 Å². The lowest BCUT2D eigenvalue weighted by atomic mass is 10.2. The van der Waals surface area contributed by atoms with Gasteiger partial charge in [0, 0.05) is 10.6 Å². The van der Waals surface area contributed by atoms with E-state index in [1.807, 2.05) is 27.7 Å². The average Bonchev–Trinajstić information content (AvgIpc) is 3.43. The monoisotopic (exact) mass is 478 g/mol. The van der Waals surface area contributed by atoms with Crippen molar-refractivity contribution in [2.45, 2.75) is 34.2 Å². The molecule has 0 aliphatic heterocycles. The van der Waals surface area contributed by atoms with Gasteiger partial charge >= 0.3 is 5.69 Å². The van der Waals surface area contributed by atoms with Crippen molar-refractivity contribution in [1.82, 2.24) is 24.1 Å². The summed E-state index contributed by atoms with van der Waals surface area (Å²) in [6.45, 7) is 7.93. The number of halogens is 2. The summed E-state index contributed by atoms with van der Waals surface area (Å²) in [6, 6.07) is 15.1. The molecule has 3 aromatic heterocycles. The summed E-state index contributed by atoms with van der Waals surface area (Å²) in [5.41, 5.74) is 2.58. The Kier molecular flexibility index (Phi) is 7.82. The van der Waals surface area contributed by atoms with Gasteiger partial charge in [0.2, 0.25) is 0 Å². The van der Waals surface area contributed by atoms with Gasteiger partial charge in [0.25, 0.3) is 0 Å². The number of aromatic amines is 1. The van der Waals surface area contributed by atoms with Crippen LogP contribution in [-0.4, -0.2) is 24.1 Å². The molecule has 0 saturated heterocycles. The Bertz CT molecular complexity index is 1520. The van der Waals surface area contributed by atoms with Gasteiger partial charge in [0.1, 0.15) is 18.0 Å². The fourth-order valence-corrected chi connectivity index (χ4v) is 3.63. The highest BCUT2D eigenvalue weighted by Gasteiger charge is 2.15. The van der Waals surface area contributed by atoms with E-state index in [9.17, 15) is 14.4 Å². The summed E-state index contributed by atoms with van der Waals surface area (Å²) < 4.78 is 17.3. The van der Waals surface area contributed by atoms with Crippen molar-refractivity contribution in [3.05, 3.63) is 87.3 Å². The second-order valence-electron chi connectivity index (χ2n) is 6.69. The summed E-state index contributed by atoms with van der Waals surface area (Å²) >= 11 is 6.13. The van der Waals surface area contributed by atoms with E-state index in [1.165, 1.54) is 16.7 Å². The lowest BCUT2D eigenvalue weighted by Gasteiger charge is -2.08. The summed E-state index contributed by atoms with van der Waals surface area (Å²) in [5, 5.41) is 9.42. The van der Waals surface area contributed by atoms with Crippen LogP contribution in [0.2, 0.25) is 5.02 Å². The molecule has 1 N–H and O–H groups in total. The van der Waals surface area contributed by atoms with Gasteiger partial charge in [-0.2, -0.15) is 5.26 Å². The molecule has 34 heavy (non-hydrogen) atoms. The second-order valence-corrected chi connectivity index (χ2v) is 7.09. The molecule has 0 unspecified atom stereocenters. The molecule has 5 aromatic rings. The number of nitriles is 1. The molecular weight excluding hydrogens is 455 g/mol. The lowest BCUT2D eigenvalue weighted by molar-refractivity contribution is 0.598. The molecule has 9 heteroatoms. The average molecular weight is 479 g/mol. The largest absolute Gasteiger partial charge is 0.327 e. The first-order valence-corrected chi connectivity index (χ1v) is 11.3. The third-order valence-electron chi connectivity index (χ3n) is 4.90. The van der Waals surface area contributed by atoms with Crippen LogP contribution in [0.4, 0.5) is 4.39 Å². The number of hydrogen-bond donors (Lipinski definition) is 1. The molecule has 3 heterocycles. The Labute approximate surface area is 201 Å². The summed E-state index contributed by atoms with van der Waals surface area (Å²) in [6.07, 6.45) is 1.60. The zero-order valence-electron chi connectivity index (χ0n) is 19.3. The number of imidazole rings is 2. The van der Waals surface area contributed by atoms with Gasteiger partial charge in [-0.3, -0.25) is 9.13 Å². The minimum Gasteiger partial charge on any atom is -0.304 e. The van der Waals surface area contributed by atoms with Crippen molar-refractivity contribution in [1.29, 1.82) is 5.26 Å². The summed E-state index contributed by atoms with van der Waals surface area (Å²) in [7, 11) is 0. The number of aromatic nitrogens is 5. The van der Waals surface area contributed by atoms with Crippen LogP contribution in [-0.2, 0) is 6.54 Å². The fourth-order valence-electron chi connectivity index (χ4n) is 3.40. The van der Waals surface area contributed by atoms with Crippen molar-refractivity contribution < 1.29 is 4.39 Å². The van der Waals surface area contributed by atoms with Crippen molar-refractivity contribution in [2.24, 2.45) is 0 Å². The number of fused-ring (bicyclic) bond motifs is 2. The van der Waals surface area contributed by atoms with E-state index in [2.05, 4.69) is 21.0 Å². The molecule has 0 bridgehead atoms. The van der Waals surface area contributed by atoms with Gasteiger partial charge in [-0.25, -0.2) is 19.2 Å². The van der Waals surface area contributed by atoms with Gasteiger partial charge in [-0.15, -0.1) is 0 Å². The van der Waals surface area contributed by atoms with Crippen LogP contribution in [0.1, 0.15) is 38.8 Å². The standard InChI is InChI=1S/C21H12ClFN6O.2C2H6/c22-14-2-1-3-15(23)13(14)10-28-20-17(26-21(28)30)6-7-19(27-20)29-11-25-16-5-4-12(9-24)8-18(16)29;2*1-2/h1-8,11H,10H2,(H,26,30);2*1-2H3. The third-order valence-corrected chi connectivity index (χ3v) is 5.26. The Morgan fingerprint density at radius 2 is 1.88 bits per heavy atom. The molecule has 0 aliphatic rings. The Morgan fingerprint density at radius 3 is 2.59 bits per heavy atom. The van der Waals surface area contributed by atoms with E-state index in [0.717, 1.165) is 0 Å². The number of hydrogen-bond acceptors (Lipinski definition) is 4. The highest BCUT2D eigenvalue weighted by Crippen LogP contribution is 2.23. The minimum atomic E-state index is -0.496. The number of rotatable bonds is 3. The van der Waals surface area contributed by atoms with E-state index >= 15 is 0 Å². The van der Waals surface area contributed by atoms with Crippen molar-refractivity contribution in [3.8, 4) is 11.9 Å². The highest BCUT2D eigenvalue weighted by atomic mass is 35.5. The van der Waals surface area contributed by atoms with Gasteiger partial charge in [-0.1, -0.05) is 45.4 Å². The van der Waals surface area contributed by atoms with Crippen LogP contribution in [0.3, 0.4) is 0 Å². The number of nitrogens with zero attached hydrogens (tertiary/aromatic N) is 5. The number of pyridine rings is 1. The van der Waals surface area contributed by atoms with Gasteiger partial charge in [-0.05, 0) is 42.5 Å². The Hall–Kier alpha value is -3.96. The number of H-pyrrole nitrogens is 1. The molecule has 174 valence electrons. The Balaban J connectivity index is 0.000000771. The summed E-state index contributed by atoms with van der Waals surface area (Å²) in [5.74, 6) is 0.0111. The van der Waals surface area contributed by atoms with E-state index in [4.69, 9.17) is 11.6 Å². The zero-order valence-corrected chi connectivity index (χ0v) is 20.1. The van der Waals surface area contributed by atoms with Crippen LogP contribution < -0.4 is 5.69 Å². The Morgan fingerprint density at radius 1 is 1.12 bits per heavy atom. The molecule has 0 amide bonds. The number of benzene rings is 2. The molecule has 7 nitrogen and oxygen atoms in total. The summed E-state index contributed by atoms with van der Waals surface area (Å²) in [4.78, 5) is 24.2. The topological polar surface area (TPSA) is 92.3 Å². The first-order valence-electron chi connectivity index (χ1n) is 10.9. The maximum atomic E-state index is 14.3. The quantitative estimate of drug-likeness (QED) is 0.353. The van der Waals surface area contributed by atoms with Crippen LogP contribution in [0.25, 0.3) is 28.0 Å². The predicted octanol–water partition coefficient (Wildman–Crippen LogP) is 5.83. The smallest absolute Gasteiger partial charge is 0.304 e. The van der Waals surface area contributed by atoms with Crippen LogP contribution >= 0.6 is 11.6 Å². The molecule has 0 spiro atoms. The van der Waals surface area contributed by atoms with E-state index < -0.39 is 11.5 Å². The molecule has 0 radical (unpaired) electrons. The molecule has 0 aliphatic carbocycles. The van der Waals surface area contributed by atoms with Gasteiger partial charge in [0.15, 0.2) is 5.65 Å². The van der Waals surface area contributed by atoms with Crippen LogP contribution in [0.5, 0.6) is 0 Å².